The second-order valence-corrected chi connectivity index (χ2v) is 6.72. The van der Waals surface area contributed by atoms with Crippen molar-refractivity contribution in [3.63, 3.8) is 0 Å². The van der Waals surface area contributed by atoms with Crippen LogP contribution in [0.3, 0.4) is 0 Å². The molecule has 134 valence electrons. The van der Waals surface area contributed by atoms with Gasteiger partial charge in [-0.2, -0.15) is 0 Å². The summed E-state index contributed by atoms with van der Waals surface area (Å²) < 4.78 is 8.00. The number of carbonyl (C=O) groups excluding carboxylic acids is 1. The van der Waals surface area contributed by atoms with Gasteiger partial charge < -0.3 is 19.5 Å². The number of rotatable bonds is 5. The van der Waals surface area contributed by atoms with Gasteiger partial charge in [0.05, 0.1) is 19.8 Å². The summed E-state index contributed by atoms with van der Waals surface area (Å²) in [6.07, 6.45) is 7.31. The van der Waals surface area contributed by atoms with Crippen molar-refractivity contribution < 1.29 is 9.53 Å². The molecule has 2 amide bonds. The van der Waals surface area contributed by atoms with Gasteiger partial charge in [-0.05, 0) is 25.5 Å². The summed E-state index contributed by atoms with van der Waals surface area (Å²) in [6.45, 7) is 7.00. The molecule has 2 aromatic rings. The van der Waals surface area contributed by atoms with Gasteiger partial charge in [-0.25, -0.2) is 9.78 Å². The fourth-order valence-electron chi connectivity index (χ4n) is 2.97. The zero-order valence-corrected chi connectivity index (χ0v) is 14.8. The molecule has 1 aliphatic heterocycles. The Labute approximate surface area is 148 Å². The molecule has 0 unspecified atom stereocenters. The Morgan fingerprint density at radius 3 is 3.04 bits per heavy atom. The molecule has 1 N–H and O–H groups in total. The van der Waals surface area contributed by atoms with Gasteiger partial charge in [0.25, 0.3) is 0 Å². The third kappa shape index (κ3) is 4.79. The van der Waals surface area contributed by atoms with Crippen molar-refractivity contribution >= 4 is 6.03 Å². The minimum absolute atomic E-state index is 0.0521. The zero-order chi connectivity index (χ0) is 17.6. The normalized spacial score (nSPS) is 17.2. The van der Waals surface area contributed by atoms with E-state index in [1.807, 2.05) is 43.3 Å². The number of urea groups is 1. The van der Waals surface area contributed by atoms with E-state index in [2.05, 4.69) is 19.9 Å². The molecule has 1 aliphatic rings. The quantitative estimate of drug-likeness (QED) is 0.902. The number of nitrogens with one attached hydrogen (secondary N) is 1. The third-order valence-electron chi connectivity index (χ3n) is 4.11. The van der Waals surface area contributed by atoms with Crippen molar-refractivity contribution in [1.29, 1.82) is 0 Å². The average molecular weight is 343 g/mol. The number of aromatic nitrogens is 3. The van der Waals surface area contributed by atoms with Crippen LogP contribution in [0.15, 0.2) is 36.9 Å². The highest BCUT2D eigenvalue weighted by molar-refractivity contribution is 5.74. The third-order valence-corrected chi connectivity index (χ3v) is 4.11. The van der Waals surface area contributed by atoms with Crippen LogP contribution in [-0.2, 0) is 24.4 Å². The number of hydrogen-bond donors (Lipinski definition) is 1. The number of ether oxygens (including phenoxy) is 1. The summed E-state index contributed by atoms with van der Waals surface area (Å²) in [4.78, 5) is 22.8. The Balaban J connectivity index is 1.63. The molecule has 7 heteroatoms. The first kappa shape index (κ1) is 17.4. The van der Waals surface area contributed by atoms with Gasteiger partial charge in [0.1, 0.15) is 5.82 Å². The van der Waals surface area contributed by atoms with E-state index >= 15 is 0 Å². The number of pyridine rings is 1. The maximum atomic E-state index is 12.5. The lowest BCUT2D eigenvalue weighted by molar-refractivity contribution is 0.0716. The second kappa shape index (κ2) is 8.11. The number of imidazole rings is 1. The maximum Gasteiger partial charge on any atom is 0.318 e. The molecule has 0 aliphatic carbocycles. The Morgan fingerprint density at radius 2 is 2.28 bits per heavy atom. The van der Waals surface area contributed by atoms with Gasteiger partial charge in [0.15, 0.2) is 0 Å². The number of nitrogens with zero attached hydrogens (tertiary/aromatic N) is 4. The maximum absolute atomic E-state index is 12.5. The largest absolute Gasteiger partial charge is 0.376 e. The highest BCUT2D eigenvalue weighted by atomic mass is 16.5. The van der Waals surface area contributed by atoms with Crippen molar-refractivity contribution in [2.75, 3.05) is 13.2 Å². The zero-order valence-electron chi connectivity index (χ0n) is 14.8. The Kier molecular flexibility index (Phi) is 5.65. The van der Waals surface area contributed by atoms with Crippen LogP contribution in [0.4, 0.5) is 4.79 Å². The molecular weight excluding hydrogens is 318 g/mol. The van der Waals surface area contributed by atoms with Crippen LogP contribution in [0.1, 0.15) is 25.2 Å². The van der Waals surface area contributed by atoms with Crippen molar-refractivity contribution in [1.82, 2.24) is 24.8 Å². The summed E-state index contributed by atoms with van der Waals surface area (Å²) in [5.74, 6) is 1.12. The van der Waals surface area contributed by atoms with Crippen LogP contribution in [0.25, 0.3) is 0 Å². The molecule has 0 spiro atoms. The predicted molar refractivity (Wildman–Crippen MR) is 93.7 cm³/mol. The lowest BCUT2D eigenvalue weighted by Crippen LogP contribution is -2.44. The van der Waals surface area contributed by atoms with Gasteiger partial charge in [-0.1, -0.05) is 6.07 Å². The molecule has 0 radical (unpaired) electrons. The van der Waals surface area contributed by atoms with E-state index < -0.39 is 0 Å². The molecule has 0 saturated carbocycles. The molecular formula is C18H25N5O2. The fraction of sp³-hybridized carbons (Fsp3) is 0.500. The second-order valence-electron chi connectivity index (χ2n) is 6.72. The van der Waals surface area contributed by atoms with Crippen molar-refractivity contribution in [2.45, 2.75) is 39.6 Å². The van der Waals surface area contributed by atoms with E-state index in [-0.39, 0.29) is 18.0 Å². The van der Waals surface area contributed by atoms with Gasteiger partial charge in [0.2, 0.25) is 0 Å². The fourth-order valence-corrected chi connectivity index (χ4v) is 2.97. The molecule has 0 aromatic carbocycles. The van der Waals surface area contributed by atoms with Crippen LogP contribution in [0, 0.1) is 5.92 Å². The minimum Gasteiger partial charge on any atom is -0.376 e. The number of hydrogen-bond acceptors (Lipinski definition) is 4. The summed E-state index contributed by atoms with van der Waals surface area (Å²) in [6, 6.07) is 3.95. The van der Waals surface area contributed by atoms with Crippen LogP contribution in [0.2, 0.25) is 0 Å². The van der Waals surface area contributed by atoms with Crippen LogP contribution < -0.4 is 5.32 Å². The van der Waals surface area contributed by atoms with E-state index in [9.17, 15) is 4.79 Å². The highest BCUT2D eigenvalue weighted by Crippen LogP contribution is 2.16. The van der Waals surface area contributed by atoms with E-state index in [4.69, 9.17) is 4.74 Å². The first-order chi connectivity index (χ1) is 12.1. The van der Waals surface area contributed by atoms with Crippen LogP contribution in [-0.4, -0.2) is 44.7 Å². The number of amides is 2. The molecule has 2 aromatic heterocycles. The van der Waals surface area contributed by atoms with Crippen molar-refractivity contribution in [3.8, 4) is 0 Å². The lowest BCUT2D eigenvalue weighted by atomic mass is 10.1. The SMILES string of the molecule is CC(C)NC(=O)N1Cc2nccn2C[C@H](COCc2cccnc2)C1. The first-order valence-electron chi connectivity index (χ1n) is 8.64. The molecule has 0 saturated heterocycles. The van der Waals surface area contributed by atoms with Gasteiger partial charge in [-0.15, -0.1) is 0 Å². The summed E-state index contributed by atoms with van der Waals surface area (Å²) >= 11 is 0. The molecule has 3 rings (SSSR count). The topological polar surface area (TPSA) is 72.3 Å². The van der Waals surface area contributed by atoms with E-state index in [0.29, 0.717) is 26.3 Å². The summed E-state index contributed by atoms with van der Waals surface area (Å²) in [5, 5.41) is 2.97. The van der Waals surface area contributed by atoms with Crippen LogP contribution >= 0.6 is 0 Å². The molecule has 25 heavy (non-hydrogen) atoms. The average Bonchev–Trinajstić information content (AvgIpc) is 2.93. The van der Waals surface area contributed by atoms with Crippen molar-refractivity contribution in [2.24, 2.45) is 5.92 Å². The van der Waals surface area contributed by atoms with Crippen LogP contribution in [0.5, 0.6) is 0 Å². The van der Waals surface area contributed by atoms with Gasteiger partial charge in [0, 0.05) is 49.8 Å². The number of carbonyl (C=O) groups is 1. The smallest absolute Gasteiger partial charge is 0.318 e. The highest BCUT2D eigenvalue weighted by Gasteiger charge is 2.26. The Hall–Kier alpha value is -2.41. The molecule has 7 nitrogen and oxygen atoms in total. The Morgan fingerprint density at radius 1 is 1.40 bits per heavy atom. The summed E-state index contributed by atoms with van der Waals surface area (Å²) in [7, 11) is 0. The predicted octanol–water partition coefficient (Wildman–Crippen LogP) is 2.04. The molecule has 3 heterocycles. The monoisotopic (exact) mass is 343 g/mol. The van der Waals surface area contributed by atoms with Gasteiger partial charge in [-0.3, -0.25) is 4.98 Å². The van der Waals surface area contributed by atoms with Crippen molar-refractivity contribution in [3.05, 3.63) is 48.3 Å². The molecule has 1 atom stereocenters. The first-order valence-corrected chi connectivity index (χ1v) is 8.64. The molecule has 0 fully saturated rings. The number of fused-ring (bicyclic) bond motifs is 1. The van der Waals surface area contributed by atoms with E-state index in [1.165, 1.54) is 0 Å². The minimum atomic E-state index is -0.0521. The van der Waals surface area contributed by atoms with Gasteiger partial charge >= 0.3 is 6.03 Å². The molecule has 0 bridgehead atoms. The lowest BCUT2D eigenvalue weighted by Gasteiger charge is -2.25. The van der Waals surface area contributed by atoms with E-state index in [0.717, 1.165) is 17.9 Å². The summed E-state index contributed by atoms with van der Waals surface area (Å²) in [5.41, 5.74) is 1.05. The Bertz CT molecular complexity index is 686. The standard InChI is InChI=1S/C18H25N5O2/c1-14(2)21-18(24)23-10-16(9-22-7-6-20-17(22)11-23)13-25-12-15-4-3-5-19-8-15/h3-8,14,16H,9-13H2,1-2H3,(H,21,24)/t16-/m0/s1. The van der Waals surface area contributed by atoms with E-state index in [1.54, 1.807) is 12.4 Å².